The smallest absolute Gasteiger partial charge is 0.223 e. The van der Waals surface area contributed by atoms with E-state index in [1.54, 1.807) is 0 Å². The summed E-state index contributed by atoms with van der Waals surface area (Å²) in [4.78, 5) is 14.9. The van der Waals surface area contributed by atoms with Crippen LogP contribution in [0.4, 0.5) is 0 Å². The van der Waals surface area contributed by atoms with Crippen LogP contribution >= 0.6 is 11.6 Å². The van der Waals surface area contributed by atoms with Gasteiger partial charge in [0.15, 0.2) is 0 Å². The number of nitrogens with zero attached hydrogens (tertiary/aromatic N) is 1. The first-order valence-electron chi connectivity index (χ1n) is 9.61. The normalized spacial score (nSPS) is 15.5. The molecule has 2 aromatic carbocycles. The van der Waals surface area contributed by atoms with Crippen LogP contribution in [0, 0.1) is 5.92 Å². The van der Waals surface area contributed by atoms with Gasteiger partial charge in [-0.25, -0.2) is 0 Å². The molecule has 0 atom stereocenters. The fraction of sp³-hybridized carbons (Fsp3) is 0.409. The number of carbonyl (C=O) groups is 1. The van der Waals surface area contributed by atoms with Crippen LogP contribution in [0.2, 0.25) is 5.02 Å². The van der Waals surface area contributed by atoms with Crippen molar-refractivity contribution in [1.82, 2.24) is 10.2 Å². The van der Waals surface area contributed by atoms with Crippen LogP contribution in [0.3, 0.4) is 0 Å². The van der Waals surface area contributed by atoms with Crippen LogP contribution in [0.1, 0.15) is 30.9 Å². The summed E-state index contributed by atoms with van der Waals surface area (Å²) in [6.07, 6.45) is 1.78. The maximum atomic E-state index is 12.5. The van der Waals surface area contributed by atoms with Crippen molar-refractivity contribution in [3.63, 3.8) is 0 Å². The van der Waals surface area contributed by atoms with E-state index >= 15 is 0 Å². The molecule has 0 bridgehead atoms. The van der Waals surface area contributed by atoms with Crippen molar-refractivity contribution in [3.05, 3.63) is 64.7 Å². The molecule has 1 aliphatic rings. The molecule has 1 amide bonds. The second-order valence-electron chi connectivity index (χ2n) is 6.94. The van der Waals surface area contributed by atoms with Crippen LogP contribution in [0.15, 0.2) is 48.5 Å². The minimum absolute atomic E-state index is 0.0819. The van der Waals surface area contributed by atoms with E-state index in [1.807, 2.05) is 43.3 Å². The van der Waals surface area contributed by atoms with Gasteiger partial charge in [-0.05, 0) is 62.2 Å². The molecule has 27 heavy (non-hydrogen) atoms. The third-order valence-corrected chi connectivity index (χ3v) is 5.35. The summed E-state index contributed by atoms with van der Waals surface area (Å²) in [5, 5.41) is 3.73. The molecular formula is C22H27ClN2O2. The summed E-state index contributed by atoms with van der Waals surface area (Å²) in [5.74, 6) is 1.13. The van der Waals surface area contributed by atoms with Gasteiger partial charge in [0.25, 0.3) is 0 Å². The number of halogens is 1. The van der Waals surface area contributed by atoms with Crippen LogP contribution in [0.25, 0.3) is 0 Å². The Morgan fingerprint density at radius 1 is 1.19 bits per heavy atom. The molecule has 1 heterocycles. The van der Waals surface area contributed by atoms with Gasteiger partial charge in [-0.1, -0.05) is 41.9 Å². The van der Waals surface area contributed by atoms with Crippen LogP contribution < -0.4 is 10.1 Å². The molecule has 1 N–H and O–H groups in total. The van der Waals surface area contributed by atoms with E-state index in [0.717, 1.165) is 43.8 Å². The number of carbonyl (C=O) groups excluding carboxylic acids is 1. The average molecular weight is 387 g/mol. The number of nitrogens with one attached hydrogen (secondary N) is 1. The van der Waals surface area contributed by atoms with Gasteiger partial charge in [0.2, 0.25) is 5.91 Å². The predicted octanol–water partition coefficient (Wildman–Crippen LogP) is 4.27. The first kappa shape index (κ1) is 19.7. The molecule has 0 spiro atoms. The Kier molecular flexibility index (Phi) is 7.13. The first-order chi connectivity index (χ1) is 13.2. The maximum Gasteiger partial charge on any atom is 0.223 e. The van der Waals surface area contributed by atoms with Gasteiger partial charge in [0.05, 0.1) is 6.61 Å². The number of rotatable bonds is 7. The molecule has 2 aromatic rings. The molecule has 0 aliphatic carbocycles. The van der Waals surface area contributed by atoms with Crippen molar-refractivity contribution in [2.45, 2.75) is 32.9 Å². The molecule has 144 valence electrons. The van der Waals surface area contributed by atoms with E-state index in [4.69, 9.17) is 16.3 Å². The van der Waals surface area contributed by atoms with Gasteiger partial charge >= 0.3 is 0 Å². The third-order valence-electron chi connectivity index (χ3n) is 4.98. The second kappa shape index (κ2) is 9.77. The number of hydrogen-bond donors (Lipinski definition) is 1. The van der Waals surface area contributed by atoms with Crippen molar-refractivity contribution >= 4 is 17.5 Å². The van der Waals surface area contributed by atoms with Crippen LogP contribution in [0.5, 0.6) is 5.75 Å². The van der Waals surface area contributed by atoms with Crippen molar-refractivity contribution in [1.29, 1.82) is 0 Å². The average Bonchev–Trinajstić information content (AvgIpc) is 2.68. The number of amides is 1. The highest BCUT2D eigenvalue weighted by Crippen LogP contribution is 2.21. The molecular weight excluding hydrogens is 360 g/mol. The van der Waals surface area contributed by atoms with Gasteiger partial charge < -0.3 is 10.1 Å². The largest absolute Gasteiger partial charge is 0.494 e. The zero-order valence-corrected chi connectivity index (χ0v) is 16.5. The number of likely N-dealkylation sites (tertiary alicyclic amines) is 1. The second-order valence-corrected chi connectivity index (χ2v) is 7.35. The lowest BCUT2D eigenvalue weighted by Gasteiger charge is -2.31. The van der Waals surface area contributed by atoms with Crippen molar-refractivity contribution < 1.29 is 9.53 Å². The zero-order chi connectivity index (χ0) is 19.1. The highest BCUT2D eigenvalue weighted by atomic mass is 35.5. The minimum atomic E-state index is 0.0819. The fourth-order valence-corrected chi connectivity index (χ4v) is 3.68. The molecule has 0 aromatic heterocycles. The lowest BCUT2D eigenvalue weighted by molar-refractivity contribution is -0.126. The highest BCUT2D eigenvalue weighted by molar-refractivity contribution is 6.31. The molecule has 5 heteroatoms. The van der Waals surface area contributed by atoms with Crippen molar-refractivity contribution in [3.8, 4) is 5.75 Å². The number of hydrogen-bond acceptors (Lipinski definition) is 3. The molecule has 1 saturated heterocycles. The monoisotopic (exact) mass is 386 g/mol. The Hall–Kier alpha value is -2.04. The SMILES string of the molecule is CCOc1cccc(CN2CCC(C(=O)NCc3ccccc3Cl)CC2)c1. The number of piperidine rings is 1. The summed E-state index contributed by atoms with van der Waals surface area (Å²) in [6.45, 7) is 5.93. The maximum absolute atomic E-state index is 12.5. The van der Waals surface area contributed by atoms with E-state index in [2.05, 4.69) is 22.3 Å². The van der Waals surface area contributed by atoms with Gasteiger partial charge in [0.1, 0.15) is 5.75 Å². The molecule has 4 nitrogen and oxygen atoms in total. The summed E-state index contributed by atoms with van der Waals surface area (Å²) in [5.41, 5.74) is 2.21. The van der Waals surface area contributed by atoms with Gasteiger partial charge in [-0.2, -0.15) is 0 Å². The summed E-state index contributed by atoms with van der Waals surface area (Å²) >= 11 is 6.15. The van der Waals surface area contributed by atoms with Crippen LogP contribution in [-0.2, 0) is 17.9 Å². The Labute approximate surface area is 166 Å². The van der Waals surface area contributed by atoms with E-state index in [9.17, 15) is 4.79 Å². The lowest BCUT2D eigenvalue weighted by atomic mass is 9.95. The molecule has 0 saturated carbocycles. The predicted molar refractivity (Wildman–Crippen MR) is 109 cm³/mol. The molecule has 1 fully saturated rings. The van der Waals surface area contributed by atoms with Gasteiger partial charge in [-0.15, -0.1) is 0 Å². The minimum Gasteiger partial charge on any atom is -0.494 e. The van der Waals surface area contributed by atoms with E-state index in [0.29, 0.717) is 18.2 Å². The summed E-state index contributed by atoms with van der Waals surface area (Å²) in [6, 6.07) is 15.9. The topological polar surface area (TPSA) is 41.6 Å². The standard InChI is InChI=1S/C22H27ClN2O2/c1-2-27-20-8-5-6-17(14-20)16-25-12-10-18(11-13-25)22(26)24-15-19-7-3-4-9-21(19)23/h3-9,14,18H,2,10-13,15-16H2,1H3,(H,24,26). The third kappa shape index (κ3) is 5.72. The quantitative estimate of drug-likeness (QED) is 0.772. The lowest BCUT2D eigenvalue weighted by Crippen LogP contribution is -2.40. The molecule has 0 radical (unpaired) electrons. The molecule has 3 rings (SSSR count). The summed E-state index contributed by atoms with van der Waals surface area (Å²) in [7, 11) is 0. The van der Waals surface area contributed by atoms with Gasteiger partial charge in [-0.3, -0.25) is 9.69 Å². The van der Waals surface area contributed by atoms with Crippen molar-refractivity contribution in [2.75, 3.05) is 19.7 Å². The van der Waals surface area contributed by atoms with Gasteiger partial charge in [0, 0.05) is 24.0 Å². The zero-order valence-electron chi connectivity index (χ0n) is 15.8. The van der Waals surface area contributed by atoms with E-state index in [-0.39, 0.29) is 11.8 Å². The van der Waals surface area contributed by atoms with E-state index in [1.165, 1.54) is 5.56 Å². The van der Waals surface area contributed by atoms with E-state index < -0.39 is 0 Å². The Balaban J connectivity index is 1.45. The summed E-state index contributed by atoms with van der Waals surface area (Å²) < 4.78 is 5.58. The first-order valence-corrected chi connectivity index (χ1v) is 9.98. The Morgan fingerprint density at radius 2 is 1.96 bits per heavy atom. The molecule has 0 unspecified atom stereocenters. The fourth-order valence-electron chi connectivity index (χ4n) is 3.48. The Morgan fingerprint density at radius 3 is 2.70 bits per heavy atom. The number of ether oxygens (including phenoxy) is 1. The van der Waals surface area contributed by atoms with Crippen molar-refractivity contribution in [2.24, 2.45) is 5.92 Å². The highest BCUT2D eigenvalue weighted by Gasteiger charge is 2.24. The molecule has 1 aliphatic heterocycles. The Bertz CT molecular complexity index is 757. The number of benzene rings is 2. The van der Waals surface area contributed by atoms with Crippen LogP contribution in [-0.4, -0.2) is 30.5 Å².